The number of nitrogens with one attached hydrogen (secondary N) is 3. The molecule has 6 rings (SSSR count). The molecule has 0 bridgehead atoms. The van der Waals surface area contributed by atoms with Gasteiger partial charge in [0.05, 0.1) is 17.2 Å². The molecule has 0 unspecified atom stereocenters. The maximum atomic E-state index is 11.5. The van der Waals surface area contributed by atoms with Crippen molar-refractivity contribution in [1.29, 1.82) is 10.7 Å². The molecule has 0 radical (unpaired) electrons. The van der Waals surface area contributed by atoms with Gasteiger partial charge in [-0.15, -0.1) is 0 Å². The molecule has 1 aromatic heterocycles. The number of nitrogens with zero attached hydrogens (tertiary/aromatic N) is 4. The van der Waals surface area contributed by atoms with E-state index in [1.165, 1.54) is 51.2 Å². The van der Waals surface area contributed by atoms with E-state index < -0.39 is 18.6 Å². The number of benzene rings is 3. The summed E-state index contributed by atoms with van der Waals surface area (Å²) in [7, 11) is 2.22. The topological polar surface area (TPSA) is 158 Å². The van der Waals surface area contributed by atoms with Gasteiger partial charge in [-0.3, -0.25) is 20.0 Å². The minimum atomic E-state index is -1.18. The number of hydrogen-bond acceptors (Lipinski definition) is 10. The molecule has 0 amide bonds. The summed E-state index contributed by atoms with van der Waals surface area (Å²) in [5.74, 6) is -0.741. The molecule has 0 saturated carbocycles. The van der Waals surface area contributed by atoms with Gasteiger partial charge in [0.15, 0.2) is 0 Å². The third kappa shape index (κ3) is 9.83. The Bertz CT molecular complexity index is 2040. The summed E-state index contributed by atoms with van der Waals surface area (Å²) in [4.78, 5) is 20.6. The van der Waals surface area contributed by atoms with Crippen molar-refractivity contribution in [1.82, 2.24) is 20.1 Å². The van der Waals surface area contributed by atoms with Crippen molar-refractivity contribution < 1.29 is 19.7 Å². The molecule has 11 nitrogen and oxygen atoms in total. The summed E-state index contributed by atoms with van der Waals surface area (Å²) in [5, 5.41) is 44.1. The first-order chi connectivity index (χ1) is 26.6. The summed E-state index contributed by atoms with van der Waals surface area (Å²) in [6.07, 6.45) is 9.43. The zero-order chi connectivity index (χ0) is 39.0. The fourth-order valence-electron chi connectivity index (χ4n) is 7.53. The van der Waals surface area contributed by atoms with Gasteiger partial charge in [-0.1, -0.05) is 53.5 Å². The Kier molecular flexibility index (Phi) is 13.4. The minimum absolute atomic E-state index is 0.0624. The predicted octanol–water partition coefficient (Wildman–Crippen LogP) is 6.96. The molecular formula is C42H47Cl2N7O4. The smallest absolute Gasteiger partial charge is 0.323 e. The Morgan fingerprint density at radius 1 is 1.02 bits per heavy atom. The Hall–Kier alpha value is -4.54. The average Bonchev–Trinajstić information content (AvgIpc) is 3.20. The van der Waals surface area contributed by atoms with Gasteiger partial charge in [-0.2, -0.15) is 5.26 Å². The Balaban J connectivity index is 1.19. The number of anilines is 1. The summed E-state index contributed by atoms with van der Waals surface area (Å²) in [6.45, 7) is 5.15. The molecule has 2 fully saturated rings. The lowest BCUT2D eigenvalue weighted by Gasteiger charge is -2.46. The molecule has 288 valence electrons. The average molecular weight is 785 g/mol. The van der Waals surface area contributed by atoms with E-state index in [1.807, 2.05) is 30.3 Å². The Morgan fingerprint density at radius 2 is 1.75 bits per heavy atom. The van der Waals surface area contributed by atoms with E-state index in [0.29, 0.717) is 49.0 Å². The van der Waals surface area contributed by atoms with Crippen LogP contribution >= 0.6 is 23.2 Å². The number of aliphatic carboxylic acids is 1. The molecule has 2 aliphatic rings. The van der Waals surface area contributed by atoms with Crippen LogP contribution in [0.3, 0.4) is 0 Å². The lowest BCUT2D eigenvalue weighted by Crippen LogP contribution is -2.45. The molecule has 0 aliphatic carbocycles. The summed E-state index contributed by atoms with van der Waals surface area (Å²) in [5.41, 5.74) is 7.04. The van der Waals surface area contributed by atoms with Crippen LogP contribution in [0.1, 0.15) is 59.1 Å². The van der Waals surface area contributed by atoms with E-state index in [1.54, 1.807) is 24.4 Å². The third-order valence-electron chi connectivity index (χ3n) is 11.0. The number of aliphatic hydroxyl groups is 1. The number of pyridine rings is 1. The number of nitriles is 1. The van der Waals surface area contributed by atoms with E-state index in [2.05, 4.69) is 44.6 Å². The number of halogens is 2. The minimum Gasteiger partial charge on any atom is -0.489 e. The number of piperidine rings is 2. The van der Waals surface area contributed by atoms with Crippen molar-refractivity contribution in [2.45, 2.75) is 58.0 Å². The van der Waals surface area contributed by atoms with Crippen LogP contribution in [-0.2, 0) is 31.0 Å². The number of ether oxygens (including phenoxy) is 1. The van der Waals surface area contributed by atoms with Gasteiger partial charge in [-0.05, 0) is 105 Å². The highest BCUT2D eigenvalue weighted by Crippen LogP contribution is 2.42. The monoisotopic (exact) mass is 783 g/mol. The van der Waals surface area contributed by atoms with Crippen LogP contribution in [0.5, 0.6) is 5.75 Å². The van der Waals surface area contributed by atoms with Crippen molar-refractivity contribution in [2.75, 3.05) is 45.2 Å². The van der Waals surface area contributed by atoms with Crippen LogP contribution in [0.4, 0.5) is 5.69 Å². The Morgan fingerprint density at radius 3 is 2.45 bits per heavy atom. The lowest BCUT2D eigenvalue weighted by molar-refractivity contribution is -0.140. The summed E-state index contributed by atoms with van der Waals surface area (Å²) < 4.78 is 6.19. The highest BCUT2D eigenvalue weighted by molar-refractivity contribution is 6.34. The normalized spacial score (nSPS) is 16.3. The number of likely N-dealkylation sites (tertiary alicyclic amines) is 2. The number of aliphatic hydroxyl groups excluding tert-OH is 1. The van der Waals surface area contributed by atoms with Crippen molar-refractivity contribution in [2.24, 2.45) is 5.41 Å². The molecule has 2 saturated heterocycles. The molecule has 3 heterocycles. The predicted molar refractivity (Wildman–Crippen MR) is 216 cm³/mol. The van der Waals surface area contributed by atoms with Crippen molar-refractivity contribution >= 4 is 41.1 Å². The number of carboxylic acid groups (broad SMARTS) is 1. The second-order valence-corrected chi connectivity index (χ2v) is 15.4. The van der Waals surface area contributed by atoms with Crippen LogP contribution in [0.2, 0.25) is 10.0 Å². The fourth-order valence-corrected chi connectivity index (χ4v) is 8.07. The van der Waals surface area contributed by atoms with Crippen LogP contribution < -0.4 is 15.4 Å². The molecule has 1 atom stereocenters. The fraction of sp³-hybridized carbons (Fsp3) is 0.381. The van der Waals surface area contributed by atoms with Gasteiger partial charge in [-0.25, -0.2) is 0 Å². The van der Waals surface area contributed by atoms with E-state index in [0.717, 1.165) is 42.0 Å². The molecular weight excluding hydrogens is 737 g/mol. The number of rotatable bonds is 15. The first-order valence-electron chi connectivity index (χ1n) is 18.5. The van der Waals surface area contributed by atoms with Gasteiger partial charge >= 0.3 is 5.97 Å². The first kappa shape index (κ1) is 40.1. The van der Waals surface area contributed by atoms with Crippen molar-refractivity contribution in [3.8, 4) is 22.9 Å². The maximum absolute atomic E-state index is 11.5. The van der Waals surface area contributed by atoms with Gasteiger partial charge in [0, 0.05) is 71.2 Å². The van der Waals surface area contributed by atoms with Gasteiger partial charge < -0.3 is 30.6 Å². The number of hydrogen-bond donors (Lipinski definition) is 5. The van der Waals surface area contributed by atoms with Gasteiger partial charge in [0.25, 0.3) is 0 Å². The molecule has 2 aliphatic heterocycles. The summed E-state index contributed by atoms with van der Waals surface area (Å²) in [6, 6.07) is 18.0. The Labute approximate surface area is 332 Å². The molecule has 5 N–H and O–H groups in total. The SMILES string of the molecule is CN1CCC2(CC1)CCN(Cc1cccc(-c3cccc(NCc4cc(OCc5cncc(C#N)c5)c(CN[C@@H](CO)C(=O)O)cc4Cl)c3C=N)c1Cl)CC2. The molecule has 1 spiro atoms. The second kappa shape index (κ2) is 18.4. The largest absolute Gasteiger partial charge is 0.489 e. The van der Waals surface area contributed by atoms with Crippen LogP contribution in [0.15, 0.2) is 67.0 Å². The molecule has 55 heavy (non-hydrogen) atoms. The molecule has 3 aromatic carbocycles. The second-order valence-electron chi connectivity index (χ2n) is 14.6. The van der Waals surface area contributed by atoms with Crippen LogP contribution in [0.25, 0.3) is 11.1 Å². The van der Waals surface area contributed by atoms with Crippen LogP contribution in [0, 0.1) is 22.2 Å². The summed E-state index contributed by atoms with van der Waals surface area (Å²) >= 11 is 14.0. The van der Waals surface area contributed by atoms with Gasteiger partial charge in [0.2, 0.25) is 0 Å². The zero-order valence-corrected chi connectivity index (χ0v) is 32.5. The maximum Gasteiger partial charge on any atom is 0.323 e. The highest BCUT2D eigenvalue weighted by Gasteiger charge is 2.36. The molecule has 13 heteroatoms. The van der Waals surface area contributed by atoms with Crippen LogP contribution in [-0.4, -0.2) is 83.1 Å². The number of carbonyl (C=O) groups is 1. The van der Waals surface area contributed by atoms with E-state index in [4.69, 9.17) is 33.3 Å². The van der Waals surface area contributed by atoms with E-state index in [9.17, 15) is 20.3 Å². The van der Waals surface area contributed by atoms with E-state index in [-0.39, 0.29) is 19.7 Å². The van der Waals surface area contributed by atoms with Crippen molar-refractivity contribution in [3.63, 3.8) is 0 Å². The van der Waals surface area contributed by atoms with Crippen molar-refractivity contribution in [3.05, 3.63) is 110 Å². The lowest BCUT2D eigenvalue weighted by atomic mass is 9.71. The highest BCUT2D eigenvalue weighted by atomic mass is 35.5. The van der Waals surface area contributed by atoms with Gasteiger partial charge in [0.1, 0.15) is 24.5 Å². The first-order valence-corrected chi connectivity index (χ1v) is 19.3. The quantitative estimate of drug-likeness (QED) is 0.0799. The molecule has 4 aromatic rings. The van der Waals surface area contributed by atoms with E-state index >= 15 is 0 Å². The number of aromatic nitrogens is 1. The standard InChI is InChI=1S/C42H47Cl2N7O4/c1-50-12-8-42(9-13-50)10-14-51(15-11-42)25-30-4-2-6-34(40(30)44)33-5-3-7-37(35(33)20-46)48-23-31-18-39(55-27-29-16-28(19-45)21-47-22-29)32(17-36(31)43)24-49-38(26-52)41(53)54/h2-7,16-18,20-22,38,46,48-49,52H,8-15,23-27H2,1H3,(H,53,54)/t38-/m0/s1. The number of carboxylic acids is 1. The zero-order valence-electron chi connectivity index (χ0n) is 31.0. The third-order valence-corrected chi connectivity index (χ3v) is 11.8.